The summed E-state index contributed by atoms with van der Waals surface area (Å²) in [6.45, 7) is 3.80. The standard InChI is InChI=1S/C66H44F3N13O2S/c1-65(2,35-70)42-19-14-36(15-20-42)39-17-26-57-48(31-39)60(63-71-51-12-4-5-13-52(51)72-63)79-81(57)45-22-25-54-56(34-45)76-64(74-54)61-49-32-41(37-8-6-10-43(28-37)66(67,68)69)18-27-58(49)82(80-61)44-21-24-53-55(33-44)75-62(73-53)59-47-30-40(16-23-50(47)77-78-59)38-9-7-11-46(29-38)85(3,83)84/h4-34H,1-3H3,(H,71,72)(H,73,75)(H,74,76)(H,77,78). The van der Waals surface area contributed by atoms with Crippen molar-refractivity contribution in [1.82, 2.24) is 59.7 Å². The molecule has 0 radical (unpaired) electrons. The molecule has 15 rings (SSSR count). The van der Waals surface area contributed by atoms with Crippen LogP contribution in [0.15, 0.2) is 193 Å². The van der Waals surface area contributed by atoms with Gasteiger partial charge in [0, 0.05) is 22.4 Å². The summed E-state index contributed by atoms with van der Waals surface area (Å²) < 4.78 is 70.8. The SMILES string of the molecule is CC(C)(C#N)c1ccc(-c2ccc3c(c2)c(-c2nc4ccccc4[nH]2)nn3-c2ccc3[nH]c(-c4nn(-c5ccc6[nH]c(-c7n[nH]c8ccc(-c9cccc(S(C)(=O)=O)c9)cc78)nc6c5)c5ccc(-c6cccc(C(F)(F)F)c6)cc45)nc3c2)cc1. The van der Waals surface area contributed by atoms with E-state index in [-0.39, 0.29) is 4.90 Å². The number of fused-ring (bicyclic) bond motifs is 6. The number of H-pyrrole nitrogens is 4. The molecule has 0 aliphatic rings. The first kappa shape index (κ1) is 51.0. The van der Waals surface area contributed by atoms with E-state index in [4.69, 9.17) is 25.1 Å². The van der Waals surface area contributed by atoms with Crippen molar-refractivity contribution >= 4 is 75.6 Å². The van der Waals surface area contributed by atoms with Crippen molar-refractivity contribution in [3.63, 3.8) is 0 Å². The lowest BCUT2D eigenvalue weighted by atomic mass is 9.85. The summed E-state index contributed by atoms with van der Waals surface area (Å²) in [6.07, 6.45) is -3.36. The molecule has 0 saturated carbocycles. The van der Waals surface area contributed by atoms with E-state index in [2.05, 4.69) is 43.4 Å². The van der Waals surface area contributed by atoms with Crippen LogP contribution in [0, 0.1) is 11.3 Å². The zero-order chi connectivity index (χ0) is 58.1. The number of nitrogens with zero attached hydrogens (tertiary/aromatic N) is 9. The van der Waals surface area contributed by atoms with Gasteiger partial charge in [-0.1, -0.05) is 78.9 Å². The molecule has 6 aromatic heterocycles. The predicted molar refractivity (Wildman–Crippen MR) is 324 cm³/mol. The van der Waals surface area contributed by atoms with Crippen molar-refractivity contribution in [3.05, 3.63) is 199 Å². The van der Waals surface area contributed by atoms with E-state index in [0.29, 0.717) is 78.8 Å². The summed E-state index contributed by atoms with van der Waals surface area (Å²) in [4.78, 5) is 25.8. The number of alkyl halides is 3. The van der Waals surface area contributed by atoms with Gasteiger partial charge in [-0.15, -0.1) is 0 Å². The zero-order valence-electron chi connectivity index (χ0n) is 45.3. The van der Waals surface area contributed by atoms with E-state index >= 15 is 0 Å². The fourth-order valence-corrected chi connectivity index (χ4v) is 11.8. The monoisotopic (exact) mass is 1140 g/mol. The summed E-state index contributed by atoms with van der Waals surface area (Å²) in [7, 11) is -3.43. The molecular weight excluding hydrogens is 1100 g/mol. The summed E-state index contributed by atoms with van der Waals surface area (Å²) in [5.74, 6) is 1.53. The number of hydrogen-bond donors (Lipinski definition) is 4. The molecule has 85 heavy (non-hydrogen) atoms. The van der Waals surface area contributed by atoms with Gasteiger partial charge >= 0.3 is 6.18 Å². The van der Waals surface area contributed by atoms with Crippen LogP contribution in [0.1, 0.15) is 25.0 Å². The third-order valence-electron chi connectivity index (χ3n) is 15.7. The highest BCUT2D eigenvalue weighted by atomic mass is 32.2. The largest absolute Gasteiger partial charge is 0.416 e. The molecule has 0 fully saturated rings. The Kier molecular flexibility index (Phi) is 11.3. The average molecular weight is 1140 g/mol. The molecule has 0 atom stereocenters. The number of benzene rings is 9. The van der Waals surface area contributed by atoms with Gasteiger partial charge in [0.1, 0.15) is 17.1 Å². The van der Waals surface area contributed by atoms with Crippen LogP contribution >= 0.6 is 0 Å². The van der Waals surface area contributed by atoms with Crippen molar-refractivity contribution in [3.8, 4) is 85.4 Å². The maximum absolute atomic E-state index is 14.1. The summed E-state index contributed by atoms with van der Waals surface area (Å²) in [5, 5.41) is 30.3. The smallest absolute Gasteiger partial charge is 0.337 e. The topological polar surface area (TPSA) is 208 Å². The zero-order valence-corrected chi connectivity index (χ0v) is 46.1. The molecule has 19 heteroatoms. The van der Waals surface area contributed by atoms with E-state index in [0.717, 1.165) is 84.0 Å². The third kappa shape index (κ3) is 8.76. The van der Waals surface area contributed by atoms with Crippen LogP contribution in [0.25, 0.3) is 145 Å². The minimum atomic E-state index is -4.54. The number of hydrogen-bond acceptors (Lipinski definition) is 9. The molecule has 0 aliphatic carbocycles. The number of nitrogens with one attached hydrogen (secondary N) is 4. The summed E-state index contributed by atoms with van der Waals surface area (Å²) in [6, 6.07) is 59.3. The fourth-order valence-electron chi connectivity index (χ4n) is 11.2. The number of sulfone groups is 1. The molecule has 0 bridgehead atoms. The maximum atomic E-state index is 14.1. The average Bonchev–Trinajstić information content (AvgIpc) is 2.05. The second kappa shape index (κ2) is 18.8. The van der Waals surface area contributed by atoms with Gasteiger partial charge in [0.15, 0.2) is 27.3 Å². The molecule has 412 valence electrons. The van der Waals surface area contributed by atoms with Crippen LogP contribution < -0.4 is 0 Å². The Morgan fingerprint density at radius 2 is 0.965 bits per heavy atom. The van der Waals surface area contributed by atoms with Crippen molar-refractivity contribution in [1.29, 1.82) is 5.26 Å². The number of aromatic nitrogens is 12. The number of para-hydroxylation sites is 2. The summed E-state index contributed by atoms with van der Waals surface area (Å²) >= 11 is 0. The lowest BCUT2D eigenvalue weighted by Gasteiger charge is -2.16. The molecule has 9 aromatic carbocycles. The van der Waals surface area contributed by atoms with E-state index in [9.17, 15) is 26.9 Å². The normalized spacial score (nSPS) is 12.4. The number of rotatable bonds is 10. The lowest BCUT2D eigenvalue weighted by Crippen LogP contribution is -2.13. The van der Waals surface area contributed by atoms with Gasteiger partial charge in [-0.2, -0.15) is 33.7 Å². The lowest BCUT2D eigenvalue weighted by molar-refractivity contribution is -0.137. The van der Waals surface area contributed by atoms with Crippen LogP contribution in [0.5, 0.6) is 0 Å². The van der Waals surface area contributed by atoms with E-state index < -0.39 is 27.0 Å². The number of imidazole rings is 3. The van der Waals surface area contributed by atoms with Gasteiger partial charge < -0.3 is 15.0 Å². The molecule has 4 N–H and O–H groups in total. The molecule has 0 spiro atoms. The highest BCUT2D eigenvalue weighted by Gasteiger charge is 2.31. The second-order valence-electron chi connectivity index (χ2n) is 21.7. The Morgan fingerprint density at radius 3 is 1.55 bits per heavy atom. The minimum Gasteiger partial charge on any atom is -0.337 e. The van der Waals surface area contributed by atoms with Crippen molar-refractivity contribution in [2.45, 2.75) is 30.3 Å². The molecule has 15 aromatic rings. The molecule has 0 unspecified atom stereocenters. The van der Waals surface area contributed by atoms with Crippen LogP contribution in [0.4, 0.5) is 13.2 Å². The number of aromatic amines is 4. The quantitative estimate of drug-likeness (QED) is 0.103. The van der Waals surface area contributed by atoms with Gasteiger partial charge in [-0.25, -0.2) is 32.7 Å². The Morgan fingerprint density at radius 1 is 0.471 bits per heavy atom. The Bertz CT molecular complexity index is 5370. The van der Waals surface area contributed by atoms with Crippen molar-refractivity contribution in [2.75, 3.05) is 6.26 Å². The first-order valence-electron chi connectivity index (χ1n) is 27.0. The molecular formula is C66H44F3N13O2S. The van der Waals surface area contributed by atoms with Gasteiger partial charge in [0.2, 0.25) is 0 Å². The summed E-state index contributed by atoms with van der Waals surface area (Å²) in [5.41, 5.74) is 13.6. The van der Waals surface area contributed by atoms with Gasteiger partial charge in [-0.05, 0) is 162 Å². The van der Waals surface area contributed by atoms with E-state index in [1.807, 2.05) is 146 Å². The first-order valence-corrected chi connectivity index (χ1v) is 28.9. The van der Waals surface area contributed by atoms with E-state index in [1.165, 1.54) is 12.3 Å². The van der Waals surface area contributed by atoms with Crippen molar-refractivity contribution < 1.29 is 21.6 Å². The van der Waals surface area contributed by atoms with Gasteiger partial charge in [0.05, 0.1) is 83.0 Å². The van der Waals surface area contributed by atoms with Crippen LogP contribution in [-0.2, 0) is 21.4 Å². The second-order valence-corrected chi connectivity index (χ2v) is 23.7. The van der Waals surface area contributed by atoms with E-state index in [1.54, 1.807) is 35.0 Å². The highest BCUT2D eigenvalue weighted by molar-refractivity contribution is 7.90. The van der Waals surface area contributed by atoms with Crippen molar-refractivity contribution in [2.24, 2.45) is 0 Å². The number of halogens is 3. The minimum absolute atomic E-state index is 0.221. The predicted octanol–water partition coefficient (Wildman–Crippen LogP) is 15.1. The van der Waals surface area contributed by atoms with Crippen LogP contribution in [-0.4, -0.2) is 74.3 Å². The molecule has 6 heterocycles. The fraction of sp³-hybridized carbons (Fsp3) is 0.0758. The Labute approximate surface area is 481 Å². The molecule has 0 saturated heterocycles. The third-order valence-corrected chi connectivity index (χ3v) is 16.9. The van der Waals surface area contributed by atoms with Gasteiger partial charge in [-0.3, -0.25) is 5.10 Å². The number of nitriles is 1. The highest BCUT2D eigenvalue weighted by Crippen LogP contribution is 2.40. The first-order chi connectivity index (χ1) is 41.0. The van der Waals surface area contributed by atoms with Crippen LogP contribution in [0.2, 0.25) is 0 Å². The molecule has 0 aliphatic heterocycles. The maximum Gasteiger partial charge on any atom is 0.416 e. The molecule has 15 nitrogen and oxygen atoms in total. The Hall–Kier alpha value is -11.0. The van der Waals surface area contributed by atoms with Gasteiger partial charge in [0.25, 0.3) is 0 Å². The van der Waals surface area contributed by atoms with Crippen LogP contribution in [0.3, 0.4) is 0 Å². The Balaban J connectivity index is 0.832. The molecule has 0 amide bonds.